The average Bonchev–Trinajstić information content (AvgIpc) is 2.75. The highest BCUT2D eigenvalue weighted by atomic mass is 19.4. The van der Waals surface area contributed by atoms with Gasteiger partial charge in [0.05, 0.1) is 23.7 Å². The number of nitrogens with zero attached hydrogens (tertiary/aromatic N) is 1. The first kappa shape index (κ1) is 27.2. The predicted molar refractivity (Wildman–Crippen MR) is 114 cm³/mol. The number of hydrogen-bond donors (Lipinski definition) is 0. The van der Waals surface area contributed by atoms with Crippen LogP contribution in [0.2, 0.25) is 0 Å². The molecule has 1 amide bonds. The van der Waals surface area contributed by atoms with Gasteiger partial charge in [-0.25, -0.2) is 0 Å². The molecular formula is C24H25F6NO3. The van der Waals surface area contributed by atoms with Crippen molar-refractivity contribution in [3.63, 3.8) is 0 Å². The van der Waals surface area contributed by atoms with Gasteiger partial charge < -0.3 is 9.64 Å². The van der Waals surface area contributed by atoms with Crippen LogP contribution in [0.1, 0.15) is 55.9 Å². The molecule has 2 aromatic carbocycles. The SMILES string of the molecule is CCOC(=O)C(C)c1cc(C(F)(F)F)cc(-c2ccc(C(F)(F)F)cc2)c1CN(CC)C(C)=O. The monoisotopic (exact) mass is 489 g/mol. The Bertz CT molecular complexity index is 1030. The second-order valence-electron chi connectivity index (χ2n) is 7.67. The largest absolute Gasteiger partial charge is 0.466 e. The lowest BCUT2D eigenvalue weighted by Gasteiger charge is -2.26. The van der Waals surface area contributed by atoms with Gasteiger partial charge >= 0.3 is 18.3 Å². The Morgan fingerprint density at radius 1 is 0.941 bits per heavy atom. The van der Waals surface area contributed by atoms with Crippen LogP contribution in [0.5, 0.6) is 0 Å². The van der Waals surface area contributed by atoms with Crippen molar-refractivity contribution in [1.82, 2.24) is 4.90 Å². The third-order valence-corrected chi connectivity index (χ3v) is 5.42. The first-order valence-corrected chi connectivity index (χ1v) is 10.5. The minimum Gasteiger partial charge on any atom is -0.466 e. The van der Waals surface area contributed by atoms with Gasteiger partial charge in [0.1, 0.15) is 0 Å². The van der Waals surface area contributed by atoms with Gasteiger partial charge in [0, 0.05) is 20.0 Å². The lowest BCUT2D eigenvalue weighted by molar-refractivity contribution is -0.145. The Kier molecular flexibility index (Phi) is 8.39. The summed E-state index contributed by atoms with van der Waals surface area (Å²) < 4.78 is 85.3. The quantitative estimate of drug-likeness (QED) is 0.333. The Hall–Kier alpha value is -3.04. The van der Waals surface area contributed by atoms with Crippen molar-refractivity contribution in [1.29, 1.82) is 0 Å². The summed E-state index contributed by atoms with van der Waals surface area (Å²) >= 11 is 0. The lowest BCUT2D eigenvalue weighted by Crippen LogP contribution is -2.29. The maximum absolute atomic E-state index is 13.8. The fraction of sp³-hybridized carbons (Fsp3) is 0.417. The molecule has 4 nitrogen and oxygen atoms in total. The Morgan fingerprint density at radius 2 is 1.50 bits per heavy atom. The Balaban J connectivity index is 2.84. The van der Waals surface area contributed by atoms with Crippen LogP contribution in [-0.4, -0.2) is 29.9 Å². The molecule has 0 aliphatic carbocycles. The van der Waals surface area contributed by atoms with E-state index < -0.39 is 35.4 Å². The zero-order valence-corrected chi connectivity index (χ0v) is 19.1. The number of alkyl halides is 6. The third-order valence-electron chi connectivity index (χ3n) is 5.42. The minimum atomic E-state index is -4.78. The molecule has 0 aromatic heterocycles. The van der Waals surface area contributed by atoms with Crippen molar-refractivity contribution < 1.29 is 40.7 Å². The van der Waals surface area contributed by atoms with Crippen LogP contribution in [0, 0.1) is 0 Å². The number of carbonyl (C=O) groups excluding carboxylic acids is 2. The summed E-state index contributed by atoms with van der Waals surface area (Å²) in [6.45, 7) is 6.02. The molecule has 0 saturated heterocycles. The maximum atomic E-state index is 13.8. The zero-order chi connectivity index (χ0) is 25.8. The molecule has 0 bridgehead atoms. The van der Waals surface area contributed by atoms with E-state index in [0.29, 0.717) is 0 Å². The Labute approximate surface area is 193 Å². The fourth-order valence-electron chi connectivity index (χ4n) is 3.55. The number of hydrogen-bond acceptors (Lipinski definition) is 3. The van der Waals surface area contributed by atoms with Crippen LogP contribution < -0.4 is 0 Å². The van der Waals surface area contributed by atoms with Crippen LogP contribution in [0.3, 0.4) is 0 Å². The van der Waals surface area contributed by atoms with E-state index in [1.54, 1.807) is 13.8 Å². The van der Waals surface area contributed by atoms with Gasteiger partial charge in [-0.1, -0.05) is 12.1 Å². The van der Waals surface area contributed by atoms with Gasteiger partial charge in [0.15, 0.2) is 0 Å². The molecule has 34 heavy (non-hydrogen) atoms. The molecule has 186 valence electrons. The summed E-state index contributed by atoms with van der Waals surface area (Å²) in [5.41, 5.74) is -1.74. The van der Waals surface area contributed by atoms with Gasteiger partial charge in [0.2, 0.25) is 5.91 Å². The highest BCUT2D eigenvalue weighted by Crippen LogP contribution is 2.40. The molecule has 0 radical (unpaired) electrons. The molecule has 1 unspecified atom stereocenters. The highest BCUT2D eigenvalue weighted by Gasteiger charge is 2.35. The Morgan fingerprint density at radius 3 is 1.94 bits per heavy atom. The van der Waals surface area contributed by atoms with Gasteiger partial charge in [-0.15, -0.1) is 0 Å². The number of amides is 1. The summed E-state index contributed by atoms with van der Waals surface area (Å²) in [7, 11) is 0. The smallest absolute Gasteiger partial charge is 0.416 e. The molecule has 0 aliphatic heterocycles. The van der Waals surface area contributed by atoms with E-state index in [9.17, 15) is 35.9 Å². The van der Waals surface area contributed by atoms with Crippen molar-refractivity contribution in [3.05, 3.63) is 58.7 Å². The second-order valence-corrected chi connectivity index (χ2v) is 7.67. The average molecular weight is 489 g/mol. The van der Waals surface area contributed by atoms with Crippen LogP contribution in [-0.2, 0) is 33.2 Å². The van der Waals surface area contributed by atoms with Crippen LogP contribution in [0.4, 0.5) is 26.3 Å². The number of esters is 1. The van der Waals surface area contributed by atoms with Crippen molar-refractivity contribution in [2.75, 3.05) is 13.2 Å². The first-order valence-electron chi connectivity index (χ1n) is 10.5. The molecule has 0 N–H and O–H groups in total. The lowest BCUT2D eigenvalue weighted by atomic mass is 9.86. The minimum absolute atomic E-state index is 0.0112. The van der Waals surface area contributed by atoms with E-state index >= 15 is 0 Å². The molecule has 0 spiro atoms. The van der Waals surface area contributed by atoms with E-state index in [1.165, 1.54) is 18.7 Å². The molecule has 2 aromatic rings. The van der Waals surface area contributed by atoms with E-state index in [1.807, 2.05) is 0 Å². The van der Waals surface area contributed by atoms with E-state index in [4.69, 9.17) is 4.74 Å². The van der Waals surface area contributed by atoms with E-state index in [0.717, 1.165) is 36.4 Å². The van der Waals surface area contributed by atoms with Crippen molar-refractivity contribution in [2.45, 2.75) is 52.5 Å². The molecule has 1 atom stereocenters. The van der Waals surface area contributed by atoms with Gasteiger partial charge in [-0.05, 0) is 67.3 Å². The molecular weight excluding hydrogens is 464 g/mol. The van der Waals surface area contributed by atoms with E-state index in [-0.39, 0.29) is 47.9 Å². The number of halogens is 6. The van der Waals surface area contributed by atoms with Gasteiger partial charge in [-0.2, -0.15) is 26.3 Å². The standard InChI is InChI=1S/C24H25F6NO3/c1-5-31(15(4)32)13-21-19(14(3)22(33)34-6-2)11-18(24(28,29)30)12-20(21)16-7-9-17(10-8-16)23(25,26)27/h7-12,14H,5-6,13H2,1-4H3. The van der Waals surface area contributed by atoms with Crippen molar-refractivity contribution >= 4 is 11.9 Å². The maximum Gasteiger partial charge on any atom is 0.416 e. The topological polar surface area (TPSA) is 46.6 Å². The highest BCUT2D eigenvalue weighted by molar-refractivity contribution is 5.81. The third kappa shape index (κ3) is 6.30. The molecule has 0 heterocycles. The molecule has 0 fully saturated rings. The molecule has 0 saturated carbocycles. The number of carbonyl (C=O) groups is 2. The van der Waals surface area contributed by atoms with Gasteiger partial charge in [-0.3, -0.25) is 9.59 Å². The summed E-state index contributed by atoms with van der Waals surface area (Å²) in [5.74, 6) is -2.22. The summed E-state index contributed by atoms with van der Waals surface area (Å²) in [4.78, 5) is 25.9. The first-order chi connectivity index (χ1) is 15.7. The normalized spacial score (nSPS) is 12.9. The van der Waals surface area contributed by atoms with Gasteiger partial charge in [0.25, 0.3) is 0 Å². The van der Waals surface area contributed by atoms with Crippen LogP contribution in [0.15, 0.2) is 36.4 Å². The molecule has 0 aliphatic rings. The number of ether oxygens (including phenoxy) is 1. The summed E-state index contributed by atoms with van der Waals surface area (Å²) in [5, 5.41) is 0. The predicted octanol–water partition coefficient (Wildman–Crippen LogP) is 6.43. The zero-order valence-electron chi connectivity index (χ0n) is 19.1. The van der Waals surface area contributed by atoms with Crippen LogP contribution >= 0.6 is 0 Å². The van der Waals surface area contributed by atoms with E-state index in [2.05, 4.69) is 0 Å². The second kappa shape index (κ2) is 10.5. The summed E-state index contributed by atoms with van der Waals surface area (Å²) in [6.07, 6.45) is -9.40. The molecule has 2 rings (SSSR count). The van der Waals surface area contributed by atoms with Crippen LogP contribution in [0.25, 0.3) is 11.1 Å². The fourth-order valence-corrected chi connectivity index (χ4v) is 3.55. The number of rotatable bonds is 7. The van der Waals surface area contributed by atoms with Crippen molar-refractivity contribution in [3.8, 4) is 11.1 Å². The van der Waals surface area contributed by atoms with Crippen molar-refractivity contribution in [2.24, 2.45) is 0 Å². The molecule has 10 heteroatoms. The number of benzene rings is 2. The summed E-state index contributed by atoms with van der Waals surface area (Å²) in [6, 6.07) is 5.36.